The number of hydrogen-bond acceptors (Lipinski definition) is 9. The number of benzene rings is 2. The van der Waals surface area contributed by atoms with Crippen molar-refractivity contribution in [3.8, 4) is 5.75 Å². The number of anilines is 1. The Hall–Kier alpha value is -2.24. The van der Waals surface area contributed by atoms with E-state index < -0.39 is 11.7 Å². The molecule has 9 heteroatoms. The van der Waals surface area contributed by atoms with Crippen molar-refractivity contribution in [1.82, 2.24) is 5.32 Å². The lowest BCUT2D eigenvalue weighted by atomic mass is 9.80. The van der Waals surface area contributed by atoms with E-state index in [4.69, 9.17) is 28.4 Å². The van der Waals surface area contributed by atoms with Gasteiger partial charge in [-0.15, -0.1) is 0 Å². The first-order chi connectivity index (χ1) is 20.5. The van der Waals surface area contributed by atoms with E-state index in [1.807, 2.05) is 39.0 Å². The van der Waals surface area contributed by atoms with E-state index in [1.165, 1.54) is 0 Å². The smallest absolute Gasteiger partial charge is 0.142 e. The molecule has 0 radical (unpaired) electrons. The van der Waals surface area contributed by atoms with Crippen LogP contribution in [0.4, 0.5) is 5.69 Å². The molecule has 1 fully saturated rings. The van der Waals surface area contributed by atoms with E-state index in [-0.39, 0.29) is 6.10 Å². The maximum Gasteiger partial charge on any atom is 0.142 e. The van der Waals surface area contributed by atoms with Gasteiger partial charge < -0.3 is 43.7 Å². The predicted molar refractivity (Wildman–Crippen MR) is 163 cm³/mol. The summed E-state index contributed by atoms with van der Waals surface area (Å²) in [5.74, 6) is 0.898. The first kappa shape index (κ1) is 32.7. The Bertz CT molecular complexity index is 1100. The van der Waals surface area contributed by atoms with Crippen molar-refractivity contribution in [2.45, 2.75) is 71.2 Å². The lowest BCUT2D eigenvalue weighted by molar-refractivity contribution is -0.135. The Morgan fingerprint density at radius 3 is 2.71 bits per heavy atom. The van der Waals surface area contributed by atoms with Crippen LogP contribution < -0.4 is 15.0 Å². The van der Waals surface area contributed by atoms with Crippen molar-refractivity contribution in [3.63, 3.8) is 0 Å². The molecule has 42 heavy (non-hydrogen) atoms. The maximum absolute atomic E-state index is 12.2. The molecule has 1 unspecified atom stereocenters. The Labute approximate surface area is 251 Å². The van der Waals surface area contributed by atoms with Gasteiger partial charge in [-0.05, 0) is 74.5 Å². The zero-order valence-electron chi connectivity index (χ0n) is 25.9. The van der Waals surface area contributed by atoms with Crippen molar-refractivity contribution in [2.75, 3.05) is 71.2 Å². The van der Waals surface area contributed by atoms with E-state index in [0.29, 0.717) is 65.8 Å². The predicted octanol–water partition coefficient (Wildman–Crippen LogP) is 4.17. The highest BCUT2D eigenvalue weighted by molar-refractivity contribution is 5.61. The zero-order valence-corrected chi connectivity index (χ0v) is 25.9. The Kier molecular flexibility index (Phi) is 12.9. The molecule has 2 aliphatic rings. The maximum atomic E-state index is 12.2. The monoisotopic (exact) mass is 586 g/mol. The SMILES string of the molecule is CCOCc1cc(COCC(C)OCC)ccc1[C@@]1(O)CCNC[C@@H]1OCc1ccc2c(c1)N(CCCOC)CCO2. The largest absolute Gasteiger partial charge is 0.490 e. The van der Waals surface area contributed by atoms with Crippen molar-refractivity contribution in [2.24, 2.45) is 0 Å². The third kappa shape index (κ3) is 8.66. The lowest BCUT2D eigenvalue weighted by Gasteiger charge is -2.41. The quantitative estimate of drug-likeness (QED) is 0.265. The second-order valence-electron chi connectivity index (χ2n) is 11.1. The molecule has 0 spiro atoms. The molecule has 3 atom stereocenters. The molecule has 2 N–H and O–H groups in total. The van der Waals surface area contributed by atoms with Gasteiger partial charge >= 0.3 is 0 Å². The highest BCUT2D eigenvalue weighted by Crippen LogP contribution is 2.37. The average Bonchev–Trinajstić information content (AvgIpc) is 3.00. The van der Waals surface area contributed by atoms with Gasteiger partial charge in [0, 0.05) is 40.0 Å². The number of aliphatic hydroxyl groups is 1. The minimum absolute atomic E-state index is 0.0481. The van der Waals surface area contributed by atoms with Gasteiger partial charge in [-0.1, -0.05) is 24.3 Å². The molecule has 0 aromatic heterocycles. The summed E-state index contributed by atoms with van der Waals surface area (Å²) < 4.78 is 35.0. The van der Waals surface area contributed by atoms with Crippen LogP contribution in [0, 0.1) is 0 Å². The zero-order chi connectivity index (χ0) is 29.8. The molecule has 9 nitrogen and oxygen atoms in total. The van der Waals surface area contributed by atoms with Crippen LogP contribution in [0.15, 0.2) is 36.4 Å². The van der Waals surface area contributed by atoms with Crippen LogP contribution in [0.25, 0.3) is 0 Å². The van der Waals surface area contributed by atoms with E-state index in [0.717, 1.165) is 59.8 Å². The minimum atomic E-state index is -1.15. The van der Waals surface area contributed by atoms with E-state index in [2.05, 4.69) is 28.4 Å². The minimum Gasteiger partial charge on any atom is -0.490 e. The number of methoxy groups -OCH3 is 1. The van der Waals surface area contributed by atoms with Crippen LogP contribution in [-0.4, -0.2) is 83.6 Å². The molecule has 0 bridgehead atoms. The van der Waals surface area contributed by atoms with Gasteiger partial charge in [0.25, 0.3) is 0 Å². The normalized spacial score (nSPS) is 21.2. The fourth-order valence-electron chi connectivity index (χ4n) is 5.75. The summed E-state index contributed by atoms with van der Waals surface area (Å²) in [4.78, 5) is 2.35. The van der Waals surface area contributed by atoms with Crippen molar-refractivity contribution < 1.29 is 33.5 Å². The first-order valence-corrected chi connectivity index (χ1v) is 15.4. The molecule has 2 aliphatic heterocycles. The average molecular weight is 587 g/mol. The van der Waals surface area contributed by atoms with Crippen LogP contribution in [-0.2, 0) is 49.1 Å². The third-order valence-electron chi connectivity index (χ3n) is 7.93. The van der Waals surface area contributed by atoms with Gasteiger partial charge in [-0.3, -0.25) is 0 Å². The summed E-state index contributed by atoms with van der Waals surface area (Å²) in [6, 6.07) is 12.4. The van der Waals surface area contributed by atoms with Gasteiger partial charge in [0.1, 0.15) is 24.1 Å². The second kappa shape index (κ2) is 16.6. The Morgan fingerprint density at radius 1 is 1.07 bits per heavy atom. The number of nitrogens with one attached hydrogen (secondary N) is 1. The molecular formula is C33H50N2O7. The van der Waals surface area contributed by atoms with Gasteiger partial charge in [0.2, 0.25) is 0 Å². The number of nitrogens with zero attached hydrogens (tertiary/aromatic N) is 1. The van der Waals surface area contributed by atoms with E-state index >= 15 is 0 Å². The van der Waals surface area contributed by atoms with Crippen LogP contribution >= 0.6 is 0 Å². The third-order valence-corrected chi connectivity index (χ3v) is 7.93. The summed E-state index contributed by atoms with van der Waals surface area (Å²) in [6.45, 7) is 13.5. The Balaban J connectivity index is 1.48. The van der Waals surface area contributed by atoms with Crippen LogP contribution in [0.3, 0.4) is 0 Å². The van der Waals surface area contributed by atoms with Gasteiger partial charge in [0.15, 0.2) is 0 Å². The summed E-state index contributed by atoms with van der Waals surface area (Å²) in [5.41, 5.74) is 3.85. The molecule has 0 saturated carbocycles. The summed E-state index contributed by atoms with van der Waals surface area (Å²) in [5, 5.41) is 15.6. The highest BCUT2D eigenvalue weighted by atomic mass is 16.5. The summed E-state index contributed by atoms with van der Waals surface area (Å²) in [6.07, 6.45) is 1.13. The second-order valence-corrected chi connectivity index (χ2v) is 11.1. The molecule has 0 aliphatic carbocycles. The molecule has 0 amide bonds. The number of fused-ring (bicyclic) bond motifs is 1. The van der Waals surface area contributed by atoms with Crippen molar-refractivity contribution in [1.29, 1.82) is 0 Å². The molecule has 234 valence electrons. The molecule has 2 aromatic carbocycles. The number of ether oxygens (including phenoxy) is 6. The van der Waals surface area contributed by atoms with Gasteiger partial charge in [-0.2, -0.15) is 0 Å². The summed E-state index contributed by atoms with van der Waals surface area (Å²) >= 11 is 0. The lowest BCUT2D eigenvalue weighted by Crippen LogP contribution is -2.53. The van der Waals surface area contributed by atoms with E-state index in [1.54, 1.807) is 7.11 Å². The summed E-state index contributed by atoms with van der Waals surface area (Å²) in [7, 11) is 1.73. The van der Waals surface area contributed by atoms with Gasteiger partial charge in [-0.25, -0.2) is 0 Å². The van der Waals surface area contributed by atoms with Crippen LogP contribution in [0.1, 0.15) is 55.9 Å². The number of piperidine rings is 1. The fraction of sp³-hybridized carbons (Fsp3) is 0.636. The highest BCUT2D eigenvalue weighted by Gasteiger charge is 2.43. The van der Waals surface area contributed by atoms with Crippen molar-refractivity contribution >= 4 is 5.69 Å². The van der Waals surface area contributed by atoms with Crippen molar-refractivity contribution in [3.05, 3.63) is 58.7 Å². The van der Waals surface area contributed by atoms with Crippen LogP contribution in [0.2, 0.25) is 0 Å². The topological polar surface area (TPSA) is 90.9 Å². The fourth-order valence-corrected chi connectivity index (χ4v) is 5.75. The molecule has 2 heterocycles. The Morgan fingerprint density at radius 2 is 1.90 bits per heavy atom. The molecule has 2 aromatic rings. The van der Waals surface area contributed by atoms with Gasteiger partial charge in [0.05, 0.1) is 44.8 Å². The molecule has 4 rings (SSSR count). The molecule has 1 saturated heterocycles. The van der Waals surface area contributed by atoms with E-state index in [9.17, 15) is 5.11 Å². The first-order valence-electron chi connectivity index (χ1n) is 15.4. The standard InChI is InChI=1S/C33H50N2O7/c1-5-38-24-28-18-26(22-39-21-25(3)40-6-2)8-10-29(28)33(36)12-13-34-20-32(33)42-23-27-9-11-31-30(19-27)35(15-17-41-31)14-7-16-37-4/h8-11,18-19,25,32,34,36H,5-7,12-17,20-24H2,1-4H3/t25?,32-,33-/m0/s1. The van der Waals surface area contributed by atoms with Crippen LogP contribution in [0.5, 0.6) is 5.75 Å². The number of rotatable bonds is 17. The molecular weight excluding hydrogens is 536 g/mol. The number of hydrogen-bond donors (Lipinski definition) is 2.